The molecule has 1 heterocycles. The molecular weight excluding hydrogens is 358 g/mol. The zero-order chi connectivity index (χ0) is 20.7. The van der Waals surface area contributed by atoms with Gasteiger partial charge in [0.1, 0.15) is 0 Å². The SMILES string of the molecule is C=C1C=C(C2CC2)c2cc(N(C)C(=O)c3cccc(N(C)C)c3)ccc2N1CC. The van der Waals surface area contributed by atoms with E-state index in [4.69, 9.17) is 0 Å². The Balaban J connectivity index is 1.69. The second-order valence-corrected chi connectivity index (χ2v) is 8.12. The van der Waals surface area contributed by atoms with Crippen LogP contribution in [-0.4, -0.2) is 33.6 Å². The number of rotatable bonds is 5. The maximum Gasteiger partial charge on any atom is 0.258 e. The van der Waals surface area contributed by atoms with Gasteiger partial charge in [0.2, 0.25) is 0 Å². The Kier molecular flexibility index (Phi) is 4.95. The van der Waals surface area contributed by atoms with Gasteiger partial charge in [0, 0.05) is 61.6 Å². The van der Waals surface area contributed by atoms with Gasteiger partial charge in [0.15, 0.2) is 0 Å². The van der Waals surface area contributed by atoms with Crippen LogP contribution >= 0.6 is 0 Å². The molecule has 0 bridgehead atoms. The van der Waals surface area contributed by atoms with Crippen molar-refractivity contribution in [2.75, 3.05) is 42.4 Å². The van der Waals surface area contributed by atoms with Crippen LogP contribution in [0.25, 0.3) is 5.57 Å². The van der Waals surface area contributed by atoms with Crippen molar-refractivity contribution in [1.29, 1.82) is 0 Å². The Morgan fingerprint density at radius 3 is 2.52 bits per heavy atom. The minimum absolute atomic E-state index is 0.00170. The van der Waals surface area contributed by atoms with Crippen LogP contribution in [0.4, 0.5) is 17.1 Å². The largest absolute Gasteiger partial charge is 0.378 e. The quantitative estimate of drug-likeness (QED) is 0.708. The van der Waals surface area contributed by atoms with Crippen LogP contribution in [0.15, 0.2) is 60.8 Å². The third kappa shape index (κ3) is 3.55. The molecule has 1 aliphatic heterocycles. The van der Waals surface area contributed by atoms with Gasteiger partial charge in [0.05, 0.1) is 0 Å². The summed E-state index contributed by atoms with van der Waals surface area (Å²) in [6.45, 7) is 7.28. The van der Waals surface area contributed by atoms with Crippen LogP contribution < -0.4 is 14.7 Å². The van der Waals surface area contributed by atoms with Gasteiger partial charge in [-0.15, -0.1) is 0 Å². The first kappa shape index (κ1) is 19.3. The molecule has 1 aliphatic carbocycles. The molecule has 4 heteroatoms. The highest BCUT2D eigenvalue weighted by atomic mass is 16.2. The molecule has 29 heavy (non-hydrogen) atoms. The van der Waals surface area contributed by atoms with Crippen LogP contribution in [0.5, 0.6) is 0 Å². The zero-order valence-electron chi connectivity index (χ0n) is 17.8. The summed E-state index contributed by atoms with van der Waals surface area (Å²) >= 11 is 0. The molecule has 2 aromatic carbocycles. The molecule has 1 saturated carbocycles. The van der Waals surface area contributed by atoms with Crippen molar-refractivity contribution >= 4 is 28.5 Å². The third-order valence-corrected chi connectivity index (χ3v) is 5.89. The maximum absolute atomic E-state index is 13.2. The number of hydrogen-bond donors (Lipinski definition) is 0. The average molecular weight is 388 g/mol. The number of benzene rings is 2. The van der Waals surface area contributed by atoms with E-state index in [-0.39, 0.29) is 5.91 Å². The van der Waals surface area contributed by atoms with Crippen LogP contribution in [0, 0.1) is 5.92 Å². The molecule has 0 atom stereocenters. The second-order valence-electron chi connectivity index (χ2n) is 8.12. The van der Waals surface area contributed by atoms with E-state index in [1.54, 1.807) is 4.90 Å². The van der Waals surface area contributed by atoms with Crippen molar-refractivity contribution in [1.82, 2.24) is 0 Å². The smallest absolute Gasteiger partial charge is 0.258 e. The van der Waals surface area contributed by atoms with E-state index in [1.807, 2.05) is 56.4 Å². The van der Waals surface area contributed by atoms with Gasteiger partial charge >= 0.3 is 0 Å². The lowest BCUT2D eigenvalue weighted by Gasteiger charge is -2.32. The minimum Gasteiger partial charge on any atom is -0.378 e. The summed E-state index contributed by atoms with van der Waals surface area (Å²) < 4.78 is 0. The lowest BCUT2D eigenvalue weighted by Crippen LogP contribution is -2.28. The number of amides is 1. The fraction of sp³-hybridized carbons (Fsp3) is 0.320. The molecule has 150 valence electrons. The van der Waals surface area contributed by atoms with Crippen LogP contribution in [0.2, 0.25) is 0 Å². The van der Waals surface area contributed by atoms with Crippen molar-refractivity contribution < 1.29 is 4.79 Å². The summed E-state index contributed by atoms with van der Waals surface area (Å²) in [4.78, 5) is 19.2. The number of fused-ring (bicyclic) bond motifs is 1. The maximum atomic E-state index is 13.2. The van der Waals surface area contributed by atoms with Crippen LogP contribution in [0.3, 0.4) is 0 Å². The lowest BCUT2D eigenvalue weighted by atomic mass is 9.93. The molecule has 0 unspecified atom stereocenters. The Morgan fingerprint density at radius 1 is 1.10 bits per heavy atom. The van der Waals surface area contributed by atoms with Gasteiger partial charge in [-0.1, -0.05) is 12.6 Å². The van der Waals surface area contributed by atoms with E-state index in [9.17, 15) is 4.79 Å². The first-order valence-electron chi connectivity index (χ1n) is 10.3. The van der Waals surface area contributed by atoms with Gasteiger partial charge in [0.25, 0.3) is 5.91 Å². The Morgan fingerprint density at radius 2 is 1.86 bits per heavy atom. The van der Waals surface area contributed by atoms with E-state index >= 15 is 0 Å². The summed E-state index contributed by atoms with van der Waals surface area (Å²) in [6.07, 6.45) is 4.71. The number of carbonyl (C=O) groups excluding carboxylic acids is 1. The number of hydrogen-bond acceptors (Lipinski definition) is 3. The number of allylic oxidation sites excluding steroid dienone is 2. The topological polar surface area (TPSA) is 26.8 Å². The first-order valence-corrected chi connectivity index (χ1v) is 10.3. The molecule has 1 amide bonds. The zero-order valence-corrected chi connectivity index (χ0v) is 17.8. The first-order chi connectivity index (χ1) is 13.9. The molecule has 0 aromatic heterocycles. The number of carbonyl (C=O) groups is 1. The lowest BCUT2D eigenvalue weighted by molar-refractivity contribution is 0.0993. The molecule has 4 nitrogen and oxygen atoms in total. The van der Waals surface area contributed by atoms with Crippen molar-refractivity contribution in [2.45, 2.75) is 19.8 Å². The van der Waals surface area contributed by atoms with E-state index in [2.05, 4.69) is 36.6 Å². The third-order valence-electron chi connectivity index (χ3n) is 5.89. The molecule has 0 N–H and O–H groups in total. The summed E-state index contributed by atoms with van der Waals surface area (Å²) in [7, 11) is 5.82. The molecule has 0 saturated heterocycles. The number of nitrogens with zero attached hydrogens (tertiary/aromatic N) is 3. The highest BCUT2D eigenvalue weighted by Gasteiger charge is 2.32. The highest BCUT2D eigenvalue weighted by molar-refractivity contribution is 6.06. The molecule has 2 aliphatic rings. The monoisotopic (exact) mass is 387 g/mol. The molecular formula is C25H29N3O. The van der Waals surface area contributed by atoms with Crippen molar-refractivity contribution in [3.63, 3.8) is 0 Å². The predicted octanol–water partition coefficient (Wildman–Crippen LogP) is 5.18. The van der Waals surface area contributed by atoms with Crippen molar-refractivity contribution in [3.05, 3.63) is 71.9 Å². The van der Waals surface area contributed by atoms with Crippen LogP contribution in [-0.2, 0) is 0 Å². The van der Waals surface area contributed by atoms with Gasteiger partial charge in [-0.3, -0.25) is 4.79 Å². The van der Waals surface area contributed by atoms with Crippen LogP contribution in [0.1, 0.15) is 35.7 Å². The highest BCUT2D eigenvalue weighted by Crippen LogP contribution is 2.48. The summed E-state index contributed by atoms with van der Waals surface area (Å²) in [6, 6.07) is 14.1. The minimum atomic E-state index is -0.00170. The van der Waals surface area contributed by atoms with E-state index in [0.29, 0.717) is 11.5 Å². The Hall–Kier alpha value is -3.01. The summed E-state index contributed by atoms with van der Waals surface area (Å²) in [5, 5.41) is 0. The van der Waals surface area contributed by atoms with Gasteiger partial charge < -0.3 is 14.7 Å². The van der Waals surface area contributed by atoms with E-state index in [1.165, 1.54) is 29.7 Å². The molecule has 4 rings (SSSR count). The summed E-state index contributed by atoms with van der Waals surface area (Å²) in [5.74, 6) is 0.621. The number of likely N-dealkylation sites (N-methyl/N-ethyl adjacent to an activating group) is 1. The molecule has 2 aromatic rings. The fourth-order valence-corrected chi connectivity index (χ4v) is 4.02. The number of anilines is 3. The van der Waals surface area contributed by atoms with Crippen molar-refractivity contribution in [2.24, 2.45) is 5.92 Å². The normalized spacial score (nSPS) is 15.7. The van der Waals surface area contributed by atoms with Crippen molar-refractivity contribution in [3.8, 4) is 0 Å². The van der Waals surface area contributed by atoms with E-state index < -0.39 is 0 Å². The predicted molar refractivity (Wildman–Crippen MR) is 123 cm³/mol. The second kappa shape index (κ2) is 7.43. The van der Waals surface area contributed by atoms with Gasteiger partial charge in [-0.25, -0.2) is 0 Å². The molecule has 0 radical (unpaired) electrons. The Labute approximate surface area is 173 Å². The summed E-state index contributed by atoms with van der Waals surface area (Å²) in [5.41, 5.74) is 7.48. The van der Waals surface area contributed by atoms with Gasteiger partial charge in [-0.05, 0) is 73.7 Å². The molecule has 1 fully saturated rings. The average Bonchev–Trinajstić information content (AvgIpc) is 3.57. The standard InChI is InChI=1S/C25H29N3O/c1-6-28-17(2)14-22(18-10-11-18)23-16-21(12-13-24(23)28)27(5)25(29)19-8-7-9-20(15-19)26(3)4/h7-9,12-16,18H,2,6,10-11H2,1,3-5H3. The van der Waals surface area contributed by atoms with E-state index in [0.717, 1.165) is 23.6 Å². The molecule has 0 spiro atoms. The Bertz CT molecular complexity index is 1000. The van der Waals surface area contributed by atoms with Gasteiger partial charge in [-0.2, -0.15) is 0 Å². The fourth-order valence-electron chi connectivity index (χ4n) is 4.02.